The number of aliphatic carboxylic acids is 3. The van der Waals surface area contributed by atoms with Crippen LogP contribution in [0.4, 0.5) is 20.2 Å². The van der Waals surface area contributed by atoms with Gasteiger partial charge in [-0.25, -0.2) is 18.6 Å². The number of carboxylic acid groups (broad SMARTS) is 4. The molecule has 0 saturated carbocycles. The number of alkyl halides is 2. The molecule has 3 aliphatic heterocycles. The minimum absolute atomic E-state index is 0.0182. The summed E-state index contributed by atoms with van der Waals surface area (Å²) in [6.07, 6.45) is -1.06. The maximum atomic E-state index is 14.6. The van der Waals surface area contributed by atoms with Crippen LogP contribution in [0.5, 0.6) is 11.5 Å². The van der Waals surface area contributed by atoms with Crippen LogP contribution in [0.3, 0.4) is 0 Å². The van der Waals surface area contributed by atoms with Crippen molar-refractivity contribution in [3.63, 3.8) is 0 Å². The summed E-state index contributed by atoms with van der Waals surface area (Å²) in [5, 5.41) is 47.7. The van der Waals surface area contributed by atoms with Gasteiger partial charge in [0.25, 0.3) is 18.2 Å². The van der Waals surface area contributed by atoms with E-state index in [1.54, 1.807) is 25.7 Å². The van der Waals surface area contributed by atoms with Crippen molar-refractivity contribution >= 4 is 64.6 Å². The van der Waals surface area contributed by atoms with Crippen LogP contribution < -0.4 is 30.3 Å². The normalized spacial score (nSPS) is 17.7. The number of nitrogens with zero attached hydrogens (tertiary/aromatic N) is 8. The van der Waals surface area contributed by atoms with E-state index in [1.807, 2.05) is 55.1 Å². The number of aromatic nitrogens is 1. The fraction of sp³-hybridized carbons (Fsp3) is 0.516. The topological polar surface area (TPSA) is 300 Å². The van der Waals surface area contributed by atoms with Crippen LogP contribution in [0.2, 0.25) is 5.02 Å². The second-order valence-electron chi connectivity index (χ2n) is 22.2. The minimum Gasteiger partial charge on any atom is -0.493 e. The van der Waals surface area contributed by atoms with Crippen LogP contribution in [0.25, 0.3) is 11.3 Å². The van der Waals surface area contributed by atoms with Crippen LogP contribution in [-0.2, 0) is 23.9 Å². The van der Waals surface area contributed by atoms with Gasteiger partial charge in [0, 0.05) is 150 Å². The number of hydrogen-bond donors (Lipinski definition) is 7. The molecule has 2 atom stereocenters. The van der Waals surface area contributed by atoms with E-state index in [-0.39, 0.29) is 151 Å². The van der Waals surface area contributed by atoms with Gasteiger partial charge in [-0.3, -0.25) is 48.4 Å². The second kappa shape index (κ2) is 35.0. The molecular formula is C62H82ClF2N11O14. The first-order chi connectivity index (χ1) is 43.3. The molecule has 1 aromatic heterocycles. The Labute approximate surface area is 526 Å². The number of ether oxygens (including phenoxy) is 3. The molecule has 0 bridgehead atoms. The molecule has 28 heteroatoms. The average Bonchev–Trinajstić information content (AvgIpc) is 0.917. The number of carboxylic acids is 4. The summed E-state index contributed by atoms with van der Waals surface area (Å²) in [5.41, 5.74) is 2.00. The number of hydrogen-bond acceptors (Lipinski definition) is 18. The summed E-state index contributed by atoms with van der Waals surface area (Å²) in [4.78, 5) is 106. The predicted molar refractivity (Wildman–Crippen MR) is 331 cm³/mol. The summed E-state index contributed by atoms with van der Waals surface area (Å²) < 4.78 is 45.9. The zero-order valence-electron chi connectivity index (χ0n) is 50.8. The standard InChI is InChI=1S/C62H82ClF2N11O14/c1-3-46-37-75(61(85)48-11-10-43(63)34-50(48)59(64)65)27-28-76(46)52-13-12-51(49-8-5-6-9-53(49)89-4-2)69-58(52)60(84)68-44-14-18-70(36-44)17-7-29-90-47-33-42(62(86)87)32-45(35-47)66-15-30-88-31-16-67-54(77)38-71-19-21-72(39-55(78)79)23-25-74(41-57(82)83)26-24-73(22-20-71)40-56(80)81/h5-6,8-13,32-35,44,46,59,66H,3-4,7,14-31,36-41H2,1-2H3,(H,67,77)(H,68,84)(H,78,79)(H,80,81)(H,82,83)(H,86,87)/t44-,46-/m1/s1. The first kappa shape index (κ1) is 69.7. The Balaban J connectivity index is 0.873. The molecule has 490 valence electrons. The van der Waals surface area contributed by atoms with Crippen LogP contribution in [0, 0.1) is 0 Å². The molecule has 25 nitrogen and oxygen atoms in total. The van der Waals surface area contributed by atoms with Crippen molar-refractivity contribution in [1.82, 2.24) is 45.0 Å². The van der Waals surface area contributed by atoms with E-state index in [0.717, 1.165) is 6.07 Å². The first-order valence-electron chi connectivity index (χ1n) is 30.3. The molecule has 0 radical (unpaired) electrons. The van der Waals surface area contributed by atoms with E-state index in [4.69, 9.17) is 30.8 Å². The number of para-hydroxylation sites is 1. The van der Waals surface area contributed by atoms with E-state index in [1.165, 1.54) is 24.3 Å². The van der Waals surface area contributed by atoms with Gasteiger partial charge in [0.2, 0.25) is 5.91 Å². The number of pyridine rings is 1. The molecule has 3 saturated heterocycles. The van der Waals surface area contributed by atoms with Crippen LogP contribution in [-0.4, -0.2) is 266 Å². The lowest BCUT2D eigenvalue weighted by Crippen LogP contribution is -2.55. The molecular weight excluding hydrogens is 1200 g/mol. The Hall–Kier alpha value is -7.79. The largest absolute Gasteiger partial charge is 0.493 e. The predicted octanol–water partition coefficient (Wildman–Crippen LogP) is 4.47. The van der Waals surface area contributed by atoms with Crippen LogP contribution >= 0.6 is 11.6 Å². The van der Waals surface area contributed by atoms with Gasteiger partial charge in [-0.2, -0.15) is 0 Å². The fourth-order valence-electron chi connectivity index (χ4n) is 11.2. The lowest BCUT2D eigenvalue weighted by molar-refractivity contribution is -0.140. The SMILES string of the molecule is CCOc1ccccc1-c1ccc(N2CCN(C(=O)c3ccc(Cl)cc3C(F)F)C[C@H]2CC)c(C(=O)N[C@@H]2CCN(CCCOc3cc(NCCOCCNC(=O)CN4CCN(CC(=O)O)CCN(CC(=O)O)CCN(CC(=O)O)CC4)cc(C(=O)O)c3)C2)n1. The van der Waals surface area contributed by atoms with Crippen molar-refractivity contribution in [3.8, 4) is 22.8 Å². The van der Waals surface area contributed by atoms with Gasteiger partial charge in [-0.05, 0) is 80.8 Å². The number of halogens is 3. The van der Waals surface area contributed by atoms with Gasteiger partial charge in [0.15, 0.2) is 5.69 Å². The molecule has 0 unspecified atom stereocenters. The fourth-order valence-corrected chi connectivity index (χ4v) is 11.4. The van der Waals surface area contributed by atoms with Gasteiger partial charge in [-0.15, -0.1) is 0 Å². The summed E-state index contributed by atoms with van der Waals surface area (Å²) in [6, 6.07) is 19.2. The number of nitrogens with one attached hydrogen (secondary N) is 3. The van der Waals surface area contributed by atoms with Gasteiger partial charge in [0.1, 0.15) is 11.5 Å². The molecule has 7 N–H and O–H groups in total. The Morgan fingerprint density at radius 1 is 0.689 bits per heavy atom. The smallest absolute Gasteiger partial charge is 0.335 e. The molecule has 3 fully saturated rings. The Morgan fingerprint density at radius 2 is 1.33 bits per heavy atom. The Morgan fingerprint density at radius 3 is 1.96 bits per heavy atom. The van der Waals surface area contributed by atoms with E-state index < -0.39 is 41.8 Å². The highest BCUT2D eigenvalue weighted by atomic mass is 35.5. The van der Waals surface area contributed by atoms with Crippen LogP contribution in [0.1, 0.15) is 76.3 Å². The zero-order chi connectivity index (χ0) is 64.7. The molecule has 3 aromatic carbocycles. The van der Waals surface area contributed by atoms with Gasteiger partial charge < -0.3 is 65.3 Å². The zero-order valence-corrected chi connectivity index (χ0v) is 51.6. The molecule has 4 aromatic rings. The van der Waals surface area contributed by atoms with Gasteiger partial charge in [0.05, 0.1) is 69.6 Å². The van der Waals surface area contributed by atoms with Crippen molar-refractivity contribution in [2.75, 3.05) is 168 Å². The monoisotopic (exact) mass is 1280 g/mol. The van der Waals surface area contributed by atoms with Crippen LogP contribution in [0.15, 0.2) is 72.8 Å². The first-order valence-corrected chi connectivity index (χ1v) is 30.7. The van der Waals surface area contributed by atoms with Crippen molar-refractivity contribution in [2.45, 2.75) is 51.6 Å². The van der Waals surface area contributed by atoms with Crippen molar-refractivity contribution in [1.29, 1.82) is 0 Å². The van der Waals surface area contributed by atoms with E-state index in [9.17, 15) is 62.8 Å². The van der Waals surface area contributed by atoms with Crippen molar-refractivity contribution in [2.24, 2.45) is 0 Å². The van der Waals surface area contributed by atoms with E-state index in [0.29, 0.717) is 106 Å². The summed E-state index contributed by atoms with van der Waals surface area (Å²) in [6.45, 7) is 9.34. The number of carbonyl (C=O) groups is 7. The van der Waals surface area contributed by atoms with Crippen molar-refractivity contribution < 1.29 is 77.0 Å². The third-order valence-corrected chi connectivity index (χ3v) is 16.0. The molecule has 0 spiro atoms. The molecule has 7 rings (SSSR count). The maximum absolute atomic E-state index is 14.6. The number of piperazine rings is 1. The third kappa shape index (κ3) is 21.4. The summed E-state index contributed by atoms with van der Waals surface area (Å²) in [7, 11) is 0. The van der Waals surface area contributed by atoms with Crippen molar-refractivity contribution in [3.05, 3.63) is 100 Å². The summed E-state index contributed by atoms with van der Waals surface area (Å²) in [5.74, 6) is -4.53. The Kier molecular flexibility index (Phi) is 27.1. The highest BCUT2D eigenvalue weighted by Gasteiger charge is 2.35. The number of carbonyl (C=O) groups excluding carboxylic acids is 3. The highest BCUT2D eigenvalue weighted by Crippen LogP contribution is 2.34. The minimum atomic E-state index is -2.89. The van der Waals surface area contributed by atoms with Gasteiger partial charge in [-0.1, -0.05) is 30.7 Å². The van der Waals surface area contributed by atoms with E-state index >= 15 is 0 Å². The average molecular weight is 1280 g/mol. The second-order valence-corrected chi connectivity index (χ2v) is 22.7. The number of anilines is 2. The number of rotatable bonds is 30. The maximum Gasteiger partial charge on any atom is 0.335 e. The molecule has 0 aliphatic carbocycles. The molecule has 4 heterocycles. The molecule has 3 aliphatic rings. The third-order valence-electron chi connectivity index (χ3n) is 15.7. The number of likely N-dealkylation sites (tertiary alicyclic amines) is 1. The molecule has 90 heavy (non-hydrogen) atoms. The lowest BCUT2D eigenvalue weighted by Gasteiger charge is -2.43. The lowest BCUT2D eigenvalue weighted by atomic mass is 10.0. The number of amides is 3. The van der Waals surface area contributed by atoms with E-state index in [2.05, 4.69) is 25.8 Å². The number of benzene rings is 3. The molecule has 3 amide bonds. The number of aromatic carboxylic acids is 1. The highest BCUT2D eigenvalue weighted by molar-refractivity contribution is 6.30. The van der Waals surface area contributed by atoms with Gasteiger partial charge >= 0.3 is 23.9 Å². The Bertz CT molecular complexity index is 3070. The summed E-state index contributed by atoms with van der Waals surface area (Å²) >= 11 is 6.03. The quantitative estimate of drug-likeness (QED) is 0.0354.